The highest BCUT2D eigenvalue weighted by Gasteiger charge is 2.41. The van der Waals surface area contributed by atoms with E-state index in [0.29, 0.717) is 63.6 Å². The fraction of sp³-hybridized carbons (Fsp3) is 0.448. The molecule has 0 bridgehead atoms. The number of pyridine rings is 1. The number of hydrogen-bond donors (Lipinski definition) is 3. The van der Waals surface area contributed by atoms with Gasteiger partial charge in [0.05, 0.1) is 24.1 Å². The van der Waals surface area contributed by atoms with Crippen LogP contribution in [-0.4, -0.2) is 52.8 Å². The fourth-order valence-electron chi connectivity index (χ4n) is 5.62. The van der Waals surface area contributed by atoms with Crippen LogP contribution in [0.15, 0.2) is 36.5 Å². The van der Waals surface area contributed by atoms with Crippen LogP contribution in [0.3, 0.4) is 0 Å². The summed E-state index contributed by atoms with van der Waals surface area (Å²) in [6.07, 6.45) is 3.12. The maximum Gasteiger partial charge on any atom is 0.249 e. The van der Waals surface area contributed by atoms with Gasteiger partial charge in [0.25, 0.3) is 0 Å². The third-order valence-corrected chi connectivity index (χ3v) is 7.93. The molecule has 2 heterocycles. The summed E-state index contributed by atoms with van der Waals surface area (Å²) in [5.41, 5.74) is 3.24. The van der Waals surface area contributed by atoms with Gasteiger partial charge in [-0.15, -0.1) is 0 Å². The number of methoxy groups -OCH3 is 1. The van der Waals surface area contributed by atoms with Gasteiger partial charge in [0.15, 0.2) is 11.6 Å². The van der Waals surface area contributed by atoms with Gasteiger partial charge >= 0.3 is 0 Å². The van der Waals surface area contributed by atoms with Crippen LogP contribution in [0.25, 0.3) is 10.9 Å². The van der Waals surface area contributed by atoms with Gasteiger partial charge in [-0.3, -0.25) is 15.0 Å². The molecule has 1 aliphatic heterocycles. The van der Waals surface area contributed by atoms with E-state index in [0.717, 1.165) is 28.1 Å². The summed E-state index contributed by atoms with van der Waals surface area (Å²) >= 11 is 0. The van der Waals surface area contributed by atoms with Crippen molar-refractivity contribution < 1.29 is 33.0 Å². The zero-order valence-corrected chi connectivity index (χ0v) is 22.1. The highest BCUT2D eigenvalue weighted by atomic mass is 19.2. The molecule has 3 N–H and O–H groups in total. The Morgan fingerprint density at radius 1 is 1.21 bits per heavy atom. The lowest BCUT2D eigenvalue weighted by Crippen LogP contribution is -2.48. The number of piperidine rings is 1. The number of carbonyl (C=O) groups is 1. The van der Waals surface area contributed by atoms with E-state index in [1.54, 1.807) is 13.3 Å². The molecule has 4 rings (SSSR count). The number of aryl methyl sites for hydroxylation is 2. The van der Waals surface area contributed by atoms with Crippen molar-refractivity contribution in [2.45, 2.75) is 51.6 Å². The normalized spacial score (nSPS) is 16.3. The van der Waals surface area contributed by atoms with E-state index in [9.17, 15) is 28.3 Å². The number of carbonyl (C=O) groups excluding carboxylic acids is 1. The number of hydroxylamine groups is 1. The van der Waals surface area contributed by atoms with Gasteiger partial charge in [0.2, 0.25) is 5.91 Å². The largest absolute Gasteiger partial charge is 0.497 e. The lowest BCUT2D eigenvalue weighted by Gasteiger charge is -2.40. The number of aliphatic hydroxyl groups excluding tert-OH is 1. The molecule has 0 radical (unpaired) electrons. The Morgan fingerprint density at radius 3 is 2.64 bits per heavy atom. The van der Waals surface area contributed by atoms with E-state index in [-0.39, 0.29) is 12.0 Å². The molecular weight excluding hydrogens is 511 g/mol. The summed E-state index contributed by atoms with van der Waals surface area (Å²) in [5, 5.41) is 21.5. The number of hydrogen-bond acceptors (Lipinski definition) is 6. The first-order chi connectivity index (χ1) is 18.7. The maximum absolute atomic E-state index is 13.9. The van der Waals surface area contributed by atoms with Crippen LogP contribution in [0.2, 0.25) is 0 Å². The molecule has 3 aromatic rings. The summed E-state index contributed by atoms with van der Waals surface area (Å²) in [6.45, 7) is 3.56. The molecule has 1 atom stereocenters. The van der Waals surface area contributed by atoms with Crippen molar-refractivity contribution in [3.05, 3.63) is 70.7 Å². The summed E-state index contributed by atoms with van der Waals surface area (Å²) in [4.78, 5) is 19.4. The number of likely N-dealkylation sites (tertiary alicyclic amines) is 1. The van der Waals surface area contributed by atoms with E-state index in [4.69, 9.17) is 4.74 Å². The number of aromatic nitrogens is 1. The lowest BCUT2D eigenvalue weighted by molar-refractivity contribution is -0.143. The summed E-state index contributed by atoms with van der Waals surface area (Å²) in [7, 11) is 1.57. The van der Waals surface area contributed by atoms with Crippen LogP contribution in [0.4, 0.5) is 13.2 Å². The standard InChI is InChI=1S/C29H34F3N3O4/c1-18-17-33-24-6-5-21(39-2)16-22(24)26(18)25(36)7-8-29(28(37)34-38)9-12-35(13-10-29)11-3-4-19-14-20(30)15-23(31)27(19)32/h5-6,14-17,25,36,38H,3-4,7-13H2,1-2H3,(H,34,37)/t25-/m1/s1. The van der Waals surface area contributed by atoms with E-state index in [1.807, 2.05) is 30.6 Å². The van der Waals surface area contributed by atoms with Gasteiger partial charge < -0.3 is 14.7 Å². The Balaban J connectivity index is 1.40. The Hall–Kier alpha value is -3.21. The zero-order chi connectivity index (χ0) is 28.2. The van der Waals surface area contributed by atoms with Crippen molar-refractivity contribution in [2.24, 2.45) is 5.41 Å². The fourth-order valence-corrected chi connectivity index (χ4v) is 5.62. The van der Waals surface area contributed by atoms with E-state index < -0.39 is 34.9 Å². The number of amides is 1. The van der Waals surface area contributed by atoms with Gasteiger partial charge in [-0.1, -0.05) is 0 Å². The molecule has 0 saturated carbocycles. The average Bonchev–Trinajstić information content (AvgIpc) is 2.94. The molecular formula is C29H34F3N3O4. The third-order valence-electron chi connectivity index (χ3n) is 7.93. The van der Waals surface area contributed by atoms with Crippen LogP contribution >= 0.6 is 0 Å². The second-order valence-corrected chi connectivity index (χ2v) is 10.3. The Morgan fingerprint density at radius 2 is 1.95 bits per heavy atom. The number of halogens is 3. The van der Waals surface area contributed by atoms with Crippen molar-refractivity contribution >= 4 is 16.8 Å². The Bertz CT molecular complexity index is 1330. The molecule has 7 nitrogen and oxygen atoms in total. The molecule has 1 amide bonds. The first-order valence-corrected chi connectivity index (χ1v) is 13.1. The van der Waals surface area contributed by atoms with Gasteiger partial charge in [-0.2, -0.15) is 0 Å². The quantitative estimate of drug-likeness (QED) is 0.189. The molecule has 0 aliphatic carbocycles. The third kappa shape index (κ3) is 6.34. The van der Waals surface area contributed by atoms with Gasteiger partial charge in [-0.25, -0.2) is 18.7 Å². The minimum Gasteiger partial charge on any atom is -0.497 e. The number of nitrogens with one attached hydrogen (secondary N) is 1. The molecule has 1 fully saturated rings. The molecule has 1 saturated heterocycles. The van der Waals surface area contributed by atoms with E-state index in [2.05, 4.69) is 9.88 Å². The van der Waals surface area contributed by atoms with E-state index >= 15 is 0 Å². The van der Waals surface area contributed by atoms with Gasteiger partial charge in [0, 0.05) is 17.6 Å². The highest BCUT2D eigenvalue weighted by Crippen LogP contribution is 2.40. The molecule has 39 heavy (non-hydrogen) atoms. The van der Waals surface area contributed by atoms with Crippen molar-refractivity contribution in [1.82, 2.24) is 15.4 Å². The number of ether oxygens (including phenoxy) is 1. The van der Waals surface area contributed by atoms with Gasteiger partial charge in [-0.05, 0) is 106 Å². The van der Waals surface area contributed by atoms with Crippen molar-refractivity contribution in [3.8, 4) is 5.75 Å². The summed E-state index contributed by atoms with van der Waals surface area (Å²) in [6, 6.07) is 7.02. The number of nitrogens with zero attached hydrogens (tertiary/aromatic N) is 2. The van der Waals surface area contributed by atoms with Gasteiger partial charge in [0.1, 0.15) is 11.6 Å². The monoisotopic (exact) mass is 545 g/mol. The van der Waals surface area contributed by atoms with Crippen LogP contribution in [0.5, 0.6) is 5.75 Å². The summed E-state index contributed by atoms with van der Waals surface area (Å²) in [5.74, 6) is -2.86. The molecule has 1 aromatic heterocycles. The average molecular weight is 546 g/mol. The molecule has 210 valence electrons. The first kappa shape index (κ1) is 28.8. The molecule has 10 heteroatoms. The van der Waals surface area contributed by atoms with Crippen molar-refractivity contribution in [1.29, 1.82) is 0 Å². The van der Waals surface area contributed by atoms with Crippen LogP contribution in [0, 0.1) is 29.8 Å². The number of rotatable bonds is 10. The SMILES string of the molecule is COc1ccc2ncc(C)c([C@H](O)CCC3(C(=O)NO)CCN(CCCc4cc(F)cc(F)c4F)CC3)c2c1. The minimum absolute atomic E-state index is 0.00375. The highest BCUT2D eigenvalue weighted by molar-refractivity contribution is 5.85. The second-order valence-electron chi connectivity index (χ2n) is 10.3. The summed E-state index contributed by atoms with van der Waals surface area (Å²) < 4.78 is 46.2. The lowest BCUT2D eigenvalue weighted by atomic mass is 9.73. The second kappa shape index (κ2) is 12.3. The topological polar surface area (TPSA) is 94.9 Å². The maximum atomic E-state index is 13.9. The molecule has 0 unspecified atom stereocenters. The molecule has 0 spiro atoms. The van der Waals surface area contributed by atoms with Crippen LogP contribution in [0.1, 0.15) is 54.9 Å². The van der Waals surface area contributed by atoms with E-state index in [1.165, 1.54) is 0 Å². The van der Waals surface area contributed by atoms with Crippen molar-refractivity contribution in [3.63, 3.8) is 0 Å². The van der Waals surface area contributed by atoms with Crippen LogP contribution < -0.4 is 10.2 Å². The molecule has 1 aliphatic rings. The number of benzene rings is 2. The number of fused-ring (bicyclic) bond motifs is 1. The molecule has 2 aromatic carbocycles. The van der Waals surface area contributed by atoms with Crippen LogP contribution in [-0.2, 0) is 11.2 Å². The predicted octanol–water partition coefficient (Wildman–Crippen LogP) is 5.00. The zero-order valence-electron chi connectivity index (χ0n) is 22.1. The smallest absolute Gasteiger partial charge is 0.249 e. The Labute approximate surface area is 225 Å². The van der Waals surface area contributed by atoms with Crippen molar-refractivity contribution in [2.75, 3.05) is 26.7 Å². The Kier molecular flexibility index (Phi) is 9.09. The first-order valence-electron chi connectivity index (χ1n) is 13.1. The predicted molar refractivity (Wildman–Crippen MR) is 140 cm³/mol. The minimum atomic E-state index is -1.20. The number of aliphatic hydroxyl groups is 1.